The van der Waals surface area contributed by atoms with Crippen molar-refractivity contribution in [2.45, 2.75) is 6.67 Å². The number of thiazole rings is 1. The van der Waals surface area contributed by atoms with Crippen molar-refractivity contribution in [1.82, 2.24) is 9.47 Å². The first-order valence-corrected chi connectivity index (χ1v) is 7.45. The molecule has 0 N–H and O–H groups in total. The largest absolute Gasteiger partial charge is 0.379 e. The van der Waals surface area contributed by atoms with Gasteiger partial charge in [-0.05, 0) is 18.3 Å². The molecule has 106 valence electrons. The summed E-state index contributed by atoms with van der Waals surface area (Å²) in [6, 6.07) is 4.89. The van der Waals surface area contributed by atoms with Crippen LogP contribution in [0.2, 0.25) is 0 Å². The highest BCUT2D eigenvalue weighted by Crippen LogP contribution is 2.27. The van der Waals surface area contributed by atoms with Crippen molar-refractivity contribution in [1.29, 1.82) is 0 Å². The van der Waals surface area contributed by atoms with Crippen LogP contribution in [0.1, 0.15) is 0 Å². The third kappa shape index (κ3) is 2.59. The number of morpholine rings is 1. The van der Waals surface area contributed by atoms with Crippen LogP contribution in [0, 0.1) is 14.1 Å². The third-order valence-electron chi connectivity index (χ3n) is 3.31. The average molecular weight is 311 g/mol. The molecule has 0 bridgehead atoms. The Morgan fingerprint density at radius 1 is 1.40 bits per heavy atom. The van der Waals surface area contributed by atoms with Crippen LogP contribution in [0.5, 0.6) is 0 Å². The average Bonchev–Trinajstić information content (AvgIpc) is 2.75. The number of aromatic nitrogens is 1. The summed E-state index contributed by atoms with van der Waals surface area (Å²) in [7, 11) is 0. The summed E-state index contributed by atoms with van der Waals surface area (Å²) in [4.78, 5) is 12.7. The third-order valence-corrected chi connectivity index (χ3v) is 4.72. The quantitative estimate of drug-likeness (QED) is 0.495. The number of ether oxygens (including phenoxy) is 1. The number of nitrogens with zero attached hydrogens (tertiary/aromatic N) is 3. The molecule has 8 heteroatoms. The molecule has 0 unspecified atom stereocenters. The highest BCUT2D eigenvalue weighted by molar-refractivity contribution is 7.73. The van der Waals surface area contributed by atoms with E-state index in [0.29, 0.717) is 6.67 Å². The van der Waals surface area contributed by atoms with E-state index < -0.39 is 0 Å². The summed E-state index contributed by atoms with van der Waals surface area (Å²) in [5.41, 5.74) is 1.06. The molecule has 20 heavy (non-hydrogen) atoms. The van der Waals surface area contributed by atoms with E-state index in [9.17, 15) is 10.1 Å². The van der Waals surface area contributed by atoms with Gasteiger partial charge in [-0.3, -0.25) is 15.0 Å². The number of rotatable bonds is 3. The minimum absolute atomic E-state index is 0.104. The first-order chi connectivity index (χ1) is 9.65. The van der Waals surface area contributed by atoms with Gasteiger partial charge in [0.15, 0.2) is 3.95 Å². The van der Waals surface area contributed by atoms with Crippen molar-refractivity contribution >= 4 is 39.5 Å². The molecular weight excluding hydrogens is 298 g/mol. The van der Waals surface area contributed by atoms with E-state index in [4.69, 9.17) is 17.0 Å². The van der Waals surface area contributed by atoms with Gasteiger partial charge in [-0.2, -0.15) is 0 Å². The zero-order valence-corrected chi connectivity index (χ0v) is 12.3. The SMILES string of the molecule is O=[N+]([O-])c1ccc2c(c1)sc(=S)n2CN1CCOCC1. The summed E-state index contributed by atoms with van der Waals surface area (Å²) in [6.45, 7) is 3.94. The van der Waals surface area contributed by atoms with E-state index in [1.165, 1.54) is 17.4 Å². The van der Waals surface area contributed by atoms with Crippen LogP contribution in [0.25, 0.3) is 10.2 Å². The van der Waals surface area contributed by atoms with Crippen molar-refractivity contribution < 1.29 is 9.66 Å². The lowest BCUT2D eigenvalue weighted by atomic mass is 10.3. The standard InChI is InChI=1S/C12H13N3O3S2/c16-15(17)9-1-2-10-11(7-9)20-12(19)14(10)8-13-3-5-18-6-4-13/h1-2,7H,3-6,8H2. The van der Waals surface area contributed by atoms with E-state index in [2.05, 4.69) is 4.90 Å². The van der Waals surface area contributed by atoms with Gasteiger partial charge in [-0.25, -0.2) is 0 Å². The van der Waals surface area contributed by atoms with Crippen LogP contribution in [-0.4, -0.2) is 40.7 Å². The Kier molecular flexibility index (Phi) is 3.79. The molecular formula is C12H13N3O3S2. The zero-order valence-electron chi connectivity index (χ0n) is 10.7. The maximum Gasteiger partial charge on any atom is 0.270 e. The van der Waals surface area contributed by atoms with Gasteiger partial charge in [0, 0.05) is 25.2 Å². The minimum Gasteiger partial charge on any atom is -0.379 e. The number of hydrogen-bond donors (Lipinski definition) is 0. The Labute approximate surface area is 124 Å². The number of non-ortho nitro benzene ring substituents is 1. The molecule has 1 aliphatic heterocycles. The predicted octanol–water partition coefficient (Wildman–Crippen LogP) is 2.63. The van der Waals surface area contributed by atoms with Gasteiger partial charge in [-0.1, -0.05) is 0 Å². The fourth-order valence-electron chi connectivity index (χ4n) is 2.25. The second-order valence-electron chi connectivity index (χ2n) is 4.58. The number of fused-ring (bicyclic) bond motifs is 1. The summed E-state index contributed by atoms with van der Waals surface area (Å²) in [5.74, 6) is 0. The Hall–Kier alpha value is -1.35. The lowest BCUT2D eigenvalue weighted by Gasteiger charge is -2.27. The van der Waals surface area contributed by atoms with Gasteiger partial charge in [0.05, 0.1) is 35.0 Å². The maximum atomic E-state index is 10.8. The summed E-state index contributed by atoms with van der Waals surface area (Å²) < 4.78 is 8.96. The molecule has 2 aromatic rings. The van der Waals surface area contributed by atoms with E-state index in [1.54, 1.807) is 12.1 Å². The number of nitro benzene ring substituents is 1. The normalized spacial score (nSPS) is 16.6. The molecule has 6 nitrogen and oxygen atoms in total. The monoisotopic (exact) mass is 311 g/mol. The molecule has 0 amide bonds. The van der Waals surface area contributed by atoms with E-state index >= 15 is 0 Å². The Morgan fingerprint density at radius 2 is 2.15 bits per heavy atom. The Bertz CT molecular complexity index is 704. The molecule has 1 saturated heterocycles. The van der Waals surface area contributed by atoms with Crippen molar-refractivity contribution in [3.63, 3.8) is 0 Å². The summed E-state index contributed by atoms with van der Waals surface area (Å²) >= 11 is 6.80. The van der Waals surface area contributed by atoms with Crippen molar-refractivity contribution in [2.75, 3.05) is 26.3 Å². The molecule has 0 spiro atoms. The lowest BCUT2D eigenvalue weighted by Crippen LogP contribution is -2.37. The predicted molar refractivity (Wildman–Crippen MR) is 79.7 cm³/mol. The Morgan fingerprint density at radius 3 is 2.85 bits per heavy atom. The molecule has 1 fully saturated rings. The van der Waals surface area contributed by atoms with E-state index in [-0.39, 0.29) is 10.6 Å². The van der Waals surface area contributed by atoms with Crippen LogP contribution in [0.4, 0.5) is 5.69 Å². The first-order valence-electron chi connectivity index (χ1n) is 6.23. The fourth-order valence-corrected chi connectivity index (χ4v) is 3.59. The highest BCUT2D eigenvalue weighted by Gasteiger charge is 2.15. The fraction of sp³-hybridized carbons (Fsp3) is 0.417. The molecule has 2 heterocycles. The first kappa shape index (κ1) is 13.6. The second kappa shape index (κ2) is 5.57. The molecule has 0 radical (unpaired) electrons. The number of hydrogen-bond acceptors (Lipinski definition) is 6. The van der Waals surface area contributed by atoms with Gasteiger partial charge in [0.2, 0.25) is 0 Å². The van der Waals surface area contributed by atoms with Crippen LogP contribution >= 0.6 is 23.6 Å². The molecule has 0 aliphatic carbocycles. The minimum atomic E-state index is -0.380. The van der Waals surface area contributed by atoms with Crippen LogP contribution in [0.15, 0.2) is 18.2 Å². The molecule has 1 aromatic heterocycles. The van der Waals surface area contributed by atoms with Crippen molar-refractivity contribution in [3.8, 4) is 0 Å². The molecule has 1 aliphatic rings. The van der Waals surface area contributed by atoms with E-state index in [1.807, 2.05) is 4.57 Å². The number of nitro groups is 1. The molecule has 0 saturated carbocycles. The second-order valence-corrected chi connectivity index (χ2v) is 6.25. The Balaban J connectivity index is 1.96. The lowest BCUT2D eigenvalue weighted by molar-refractivity contribution is -0.384. The highest BCUT2D eigenvalue weighted by atomic mass is 32.1. The van der Waals surface area contributed by atoms with Gasteiger partial charge in [-0.15, -0.1) is 11.3 Å². The van der Waals surface area contributed by atoms with Crippen LogP contribution in [0.3, 0.4) is 0 Å². The van der Waals surface area contributed by atoms with Crippen LogP contribution in [-0.2, 0) is 11.4 Å². The van der Waals surface area contributed by atoms with Gasteiger partial charge < -0.3 is 9.30 Å². The number of benzene rings is 1. The van der Waals surface area contributed by atoms with Crippen LogP contribution < -0.4 is 0 Å². The van der Waals surface area contributed by atoms with Crippen molar-refractivity contribution in [3.05, 3.63) is 32.3 Å². The topological polar surface area (TPSA) is 60.5 Å². The van der Waals surface area contributed by atoms with Gasteiger partial charge in [0.25, 0.3) is 5.69 Å². The zero-order chi connectivity index (χ0) is 14.1. The smallest absolute Gasteiger partial charge is 0.270 e. The molecule has 0 atom stereocenters. The summed E-state index contributed by atoms with van der Waals surface area (Å²) in [6.07, 6.45) is 0. The van der Waals surface area contributed by atoms with Gasteiger partial charge >= 0.3 is 0 Å². The molecule has 1 aromatic carbocycles. The summed E-state index contributed by atoms with van der Waals surface area (Å²) in [5, 5.41) is 10.8. The van der Waals surface area contributed by atoms with Gasteiger partial charge in [0.1, 0.15) is 0 Å². The maximum absolute atomic E-state index is 10.8. The van der Waals surface area contributed by atoms with Crippen molar-refractivity contribution in [2.24, 2.45) is 0 Å². The molecule has 3 rings (SSSR count). The van der Waals surface area contributed by atoms with E-state index in [0.717, 1.165) is 40.5 Å².